The smallest absolute Gasteiger partial charge is 0.257 e. The summed E-state index contributed by atoms with van der Waals surface area (Å²) in [7, 11) is 0. The Balaban J connectivity index is 1.63. The number of likely N-dealkylation sites (tertiary alicyclic amines) is 1. The van der Waals surface area contributed by atoms with E-state index >= 15 is 0 Å². The lowest BCUT2D eigenvalue weighted by atomic mass is 10.0. The second-order valence-corrected chi connectivity index (χ2v) is 7.78. The average Bonchev–Trinajstić information content (AvgIpc) is 3.28. The van der Waals surface area contributed by atoms with Crippen LogP contribution in [-0.4, -0.2) is 34.9 Å². The van der Waals surface area contributed by atoms with Crippen LogP contribution in [0, 0.1) is 5.82 Å². The second-order valence-electron chi connectivity index (χ2n) is 7.78. The van der Waals surface area contributed by atoms with E-state index in [1.54, 1.807) is 12.3 Å². The first-order valence-corrected chi connectivity index (χ1v) is 10.3. The Kier molecular flexibility index (Phi) is 5.74. The number of carbonyl (C=O) groups excluding carboxylic acids is 1. The fraction of sp³-hybridized carbons (Fsp3) is 0.333. The number of aromatic nitrogens is 1. The minimum atomic E-state index is -0.329. The fourth-order valence-electron chi connectivity index (χ4n) is 3.92. The van der Waals surface area contributed by atoms with Gasteiger partial charge in [0.1, 0.15) is 5.82 Å². The van der Waals surface area contributed by atoms with Crippen LogP contribution in [0.25, 0.3) is 10.9 Å². The number of pyridine rings is 1. The van der Waals surface area contributed by atoms with Gasteiger partial charge in [-0.15, -0.1) is 0 Å². The maximum absolute atomic E-state index is 14.0. The number of halogens is 1. The number of anilines is 1. The van der Waals surface area contributed by atoms with Gasteiger partial charge in [-0.05, 0) is 56.4 Å². The highest BCUT2D eigenvalue weighted by Gasteiger charge is 2.24. The number of carbonyl (C=O) groups is 1. The Morgan fingerprint density at radius 3 is 2.69 bits per heavy atom. The number of benzene rings is 2. The van der Waals surface area contributed by atoms with E-state index in [4.69, 9.17) is 0 Å². The van der Waals surface area contributed by atoms with Gasteiger partial charge in [0.05, 0.1) is 16.8 Å². The van der Waals surface area contributed by atoms with Gasteiger partial charge in [0.25, 0.3) is 5.91 Å². The SMILES string of the molecule is C[C@H](CCc1ccccc1)Nc1c(C(=O)N2CCCC2)cnc2ccc(F)cc12. The summed E-state index contributed by atoms with van der Waals surface area (Å²) < 4.78 is 14.0. The summed E-state index contributed by atoms with van der Waals surface area (Å²) in [6.45, 7) is 3.63. The molecule has 1 aliphatic rings. The van der Waals surface area contributed by atoms with E-state index in [9.17, 15) is 9.18 Å². The summed E-state index contributed by atoms with van der Waals surface area (Å²) >= 11 is 0. The predicted octanol–water partition coefficient (Wildman–Crippen LogP) is 5.04. The van der Waals surface area contributed by atoms with Crippen molar-refractivity contribution in [3.8, 4) is 0 Å². The monoisotopic (exact) mass is 391 g/mol. The van der Waals surface area contributed by atoms with E-state index in [1.165, 1.54) is 17.7 Å². The van der Waals surface area contributed by atoms with Gasteiger partial charge in [0, 0.05) is 30.7 Å². The van der Waals surface area contributed by atoms with Crippen molar-refractivity contribution in [1.29, 1.82) is 0 Å². The van der Waals surface area contributed by atoms with Crippen molar-refractivity contribution < 1.29 is 9.18 Å². The van der Waals surface area contributed by atoms with Crippen LogP contribution in [0.4, 0.5) is 10.1 Å². The normalized spacial score (nSPS) is 14.9. The van der Waals surface area contributed by atoms with E-state index in [1.807, 2.05) is 23.1 Å². The third-order valence-electron chi connectivity index (χ3n) is 5.55. The fourth-order valence-corrected chi connectivity index (χ4v) is 3.92. The molecule has 3 aromatic rings. The van der Waals surface area contributed by atoms with Crippen LogP contribution in [0.2, 0.25) is 0 Å². The molecule has 1 saturated heterocycles. The molecule has 0 bridgehead atoms. The first-order chi connectivity index (χ1) is 14.1. The zero-order chi connectivity index (χ0) is 20.2. The van der Waals surface area contributed by atoms with Crippen LogP contribution in [0.3, 0.4) is 0 Å². The van der Waals surface area contributed by atoms with Crippen molar-refractivity contribution in [3.63, 3.8) is 0 Å². The Labute approximate surface area is 170 Å². The summed E-state index contributed by atoms with van der Waals surface area (Å²) in [6.07, 6.45) is 5.52. The highest BCUT2D eigenvalue weighted by Crippen LogP contribution is 2.29. The molecule has 1 fully saturated rings. The molecule has 5 heteroatoms. The maximum Gasteiger partial charge on any atom is 0.257 e. The lowest BCUT2D eigenvalue weighted by molar-refractivity contribution is 0.0793. The summed E-state index contributed by atoms with van der Waals surface area (Å²) in [5.41, 5.74) is 3.17. The molecule has 4 nitrogen and oxygen atoms in total. The number of nitrogens with zero attached hydrogens (tertiary/aromatic N) is 2. The largest absolute Gasteiger partial charge is 0.381 e. The molecule has 0 saturated carbocycles. The minimum Gasteiger partial charge on any atom is -0.381 e. The molecule has 0 aliphatic carbocycles. The first-order valence-electron chi connectivity index (χ1n) is 10.3. The summed E-state index contributed by atoms with van der Waals surface area (Å²) in [4.78, 5) is 19.4. The van der Waals surface area contributed by atoms with Crippen LogP contribution in [0.15, 0.2) is 54.7 Å². The summed E-state index contributed by atoms with van der Waals surface area (Å²) in [5, 5.41) is 4.16. The molecule has 1 atom stereocenters. The summed E-state index contributed by atoms with van der Waals surface area (Å²) in [5.74, 6) is -0.357. The molecule has 1 amide bonds. The third kappa shape index (κ3) is 4.39. The molecule has 29 heavy (non-hydrogen) atoms. The lowest BCUT2D eigenvalue weighted by Gasteiger charge is -2.22. The van der Waals surface area contributed by atoms with Crippen LogP contribution in [0.5, 0.6) is 0 Å². The van der Waals surface area contributed by atoms with Crippen LogP contribution < -0.4 is 5.32 Å². The van der Waals surface area contributed by atoms with E-state index in [2.05, 4.69) is 29.4 Å². The molecule has 1 aromatic heterocycles. The van der Waals surface area contributed by atoms with Crippen LogP contribution in [-0.2, 0) is 6.42 Å². The van der Waals surface area contributed by atoms with E-state index < -0.39 is 0 Å². The molecular formula is C24H26FN3O. The maximum atomic E-state index is 14.0. The van der Waals surface area contributed by atoms with Gasteiger partial charge in [0.2, 0.25) is 0 Å². The Bertz CT molecular complexity index is 1000. The topological polar surface area (TPSA) is 45.2 Å². The van der Waals surface area contributed by atoms with Gasteiger partial charge in [-0.25, -0.2) is 4.39 Å². The van der Waals surface area contributed by atoms with Gasteiger partial charge in [-0.3, -0.25) is 9.78 Å². The molecule has 1 N–H and O–H groups in total. The predicted molar refractivity (Wildman–Crippen MR) is 115 cm³/mol. The van der Waals surface area contributed by atoms with Gasteiger partial charge in [-0.1, -0.05) is 30.3 Å². The van der Waals surface area contributed by atoms with Crippen LogP contribution in [0.1, 0.15) is 42.1 Å². The molecule has 1 aliphatic heterocycles. The minimum absolute atomic E-state index is 0.0288. The number of amides is 1. The molecule has 2 aromatic carbocycles. The molecule has 0 radical (unpaired) electrons. The Morgan fingerprint density at radius 2 is 1.93 bits per heavy atom. The molecule has 4 rings (SSSR count). The zero-order valence-corrected chi connectivity index (χ0v) is 16.7. The second kappa shape index (κ2) is 8.60. The van der Waals surface area contributed by atoms with E-state index in [-0.39, 0.29) is 17.8 Å². The molecule has 0 spiro atoms. The molecule has 2 heterocycles. The molecular weight excluding hydrogens is 365 g/mol. The quantitative estimate of drug-likeness (QED) is 0.640. The van der Waals surface area contributed by atoms with Gasteiger partial charge >= 0.3 is 0 Å². The van der Waals surface area contributed by atoms with Crippen molar-refractivity contribution in [2.24, 2.45) is 0 Å². The summed E-state index contributed by atoms with van der Waals surface area (Å²) in [6, 6.07) is 15.0. The number of aryl methyl sites for hydroxylation is 1. The van der Waals surface area contributed by atoms with E-state index in [0.717, 1.165) is 38.8 Å². The third-order valence-corrected chi connectivity index (χ3v) is 5.55. The van der Waals surface area contributed by atoms with Gasteiger partial charge < -0.3 is 10.2 Å². The van der Waals surface area contributed by atoms with Crippen molar-refractivity contribution in [2.45, 2.75) is 38.6 Å². The average molecular weight is 391 g/mol. The first kappa shape index (κ1) is 19.4. The van der Waals surface area contributed by atoms with Crippen molar-refractivity contribution in [3.05, 3.63) is 71.7 Å². The van der Waals surface area contributed by atoms with Gasteiger partial charge in [0.15, 0.2) is 0 Å². The standard InChI is InChI=1S/C24H26FN3O/c1-17(9-10-18-7-3-2-4-8-18)27-23-20-15-19(25)11-12-22(20)26-16-21(23)24(29)28-13-5-6-14-28/h2-4,7-8,11-12,15-17H,5-6,9-10,13-14H2,1H3,(H,26,27)/t17-/m1/s1. The number of hydrogen-bond donors (Lipinski definition) is 1. The Morgan fingerprint density at radius 1 is 1.17 bits per heavy atom. The van der Waals surface area contributed by atoms with Crippen molar-refractivity contribution >= 4 is 22.5 Å². The number of nitrogens with one attached hydrogen (secondary N) is 1. The highest BCUT2D eigenvalue weighted by atomic mass is 19.1. The van der Waals surface area contributed by atoms with E-state index in [0.29, 0.717) is 22.2 Å². The molecule has 0 unspecified atom stereocenters. The number of hydrogen-bond acceptors (Lipinski definition) is 3. The van der Waals surface area contributed by atoms with Crippen molar-refractivity contribution in [1.82, 2.24) is 9.88 Å². The highest BCUT2D eigenvalue weighted by molar-refractivity contribution is 6.07. The Hall–Kier alpha value is -2.95. The lowest BCUT2D eigenvalue weighted by Crippen LogP contribution is -2.29. The number of rotatable bonds is 6. The van der Waals surface area contributed by atoms with Crippen LogP contribution >= 0.6 is 0 Å². The molecule has 150 valence electrons. The van der Waals surface area contributed by atoms with Gasteiger partial charge in [-0.2, -0.15) is 0 Å². The number of fused-ring (bicyclic) bond motifs is 1. The zero-order valence-electron chi connectivity index (χ0n) is 16.7. The van der Waals surface area contributed by atoms with Crippen molar-refractivity contribution in [2.75, 3.05) is 18.4 Å².